The number of aliphatic hydroxyl groups is 2. The number of carbonyl (C=O) groups is 1. The van der Waals surface area contributed by atoms with Crippen LogP contribution in [0.1, 0.15) is 85.0 Å². The summed E-state index contributed by atoms with van der Waals surface area (Å²) in [6.07, 6.45) is 9.26. The van der Waals surface area contributed by atoms with E-state index in [4.69, 9.17) is 5.11 Å². The fourth-order valence-corrected chi connectivity index (χ4v) is 8.71. The highest BCUT2D eigenvalue weighted by Gasteiger charge is 2.63. The van der Waals surface area contributed by atoms with Gasteiger partial charge in [0.1, 0.15) is 0 Å². The smallest absolute Gasteiger partial charge is 0.303 e. The van der Waals surface area contributed by atoms with Gasteiger partial charge < -0.3 is 15.3 Å². The Morgan fingerprint density at radius 3 is 2.50 bits per heavy atom. The van der Waals surface area contributed by atoms with Crippen molar-refractivity contribution in [2.24, 2.45) is 46.3 Å². The van der Waals surface area contributed by atoms with Crippen LogP contribution in [0.25, 0.3) is 0 Å². The molecule has 4 aliphatic rings. The van der Waals surface area contributed by atoms with Crippen LogP contribution in [0, 0.1) is 46.3 Å². The quantitative estimate of drug-likeness (QED) is 0.659. The van der Waals surface area contributed by atoms with Gasteiger partial charge in [0.15, 0.2) is 0 Å². The molecule has 160 valence electrons. The van der Waals surface area contributed by atoms with Crippen molar-refractivity contribution < 1.29 is 20.1 Å². The summed E-state index contributed by atoms with van der Waals surface area (Å²) < 4.78 is 0. The van der Waals surface area contributed by atoms with Crippen molar-refractivity contribution in [2.75, 3.05) is 0 Å². The van der Waals surface area contributed by atoms with Gasteiger partial charge in [0, 0.05) is 6.42 Å². The minimum absolute atomic E-state index is 0.0591. The molecule has 4 rings (SSSR count). The third-order valence-electron chi connectivity index (χ3n) is 10.3. The normalized spacial score (nSPS) is 51.7. The lowest BCUT2D eigenvalue weighted by atomic mass is 9.43. The summed E-state index contributed by atoms with van der Waals surface area (Å²) in [5, 5.41) is 30.8. The molecule has 4 heteroatoms. The molecule has 0 aromatic carbocycles. The molecule has 6 unspecified atom stereocenters. The van der Waals surface area contributed by atoms with Gasteiger partial charge in [0.05, 0.1) is 12.2 Å². The summed E-state index contributed by atoms with van der Waals surface area (Å²) in [5.41, 5.74) is 0.216. The Hall–Kier alpha value is -0.610. The fourth-order valence-electron chi connectivity index (χ4n) is 8.71. The minimum Gasteiger partial charge on any atom is -0.481 e. The third kappa shape index (κ3) is 3.05. The van der Waals surface area contributed by atoms with E-state index < -0.39 is 5.97 Å². The van der Waals surface area contributed by atoms with E-state index in [0.29, 0.717) is 35.5 Å². The number of aliphatic hydroxyl groups excluding tert-OH is 2. The van der Waals surface area contributed by atoms with Gasteiger partial charge in [-0.25, -0.2) is 0 Å². The van der Waals surface area contributed by atoms with E-state index in [1.807, 2.05) is 0 Å². The van der Waals surface area contributed by atoms with Gasteiger partial charge in [-0.1, -0.05) is 20.8 Å². The first kappa shape index (κ1) is 20.7. The van der Waals surface area contributed by atoms with Crippen LogP contribution in [0.15, 0.2) is 0 Å². The summed E-state index contributed by atoms with van der Waals surface area (Å²) in [4.78, 5) is 11.1. The van der Waals surface area contributed by atoms with Crippen LogP contribution >= 0.6 is 0 Å². The molecular weight excluding hydrogens is 352 g/mol. The third-order valence-corrected chi connectivity index (χ3v) is 10.3. The van der Waals surface area contributed by atoms with Crippen LogP contribution in [0.5, 0.6) is 0 Å². The monoisotopic (exact) mass is 392 g/mol. The molecule has 0 aliphatic heterocycles. The highest BCUT2D eigenvalue weighted by molar-refractivity contribution is 5.66. The number of fused-ring (bicyclic) bond motifs is 5. The lowest BCUT2D eigenvalue weighted by Gasteiger charge is -2.62. The van der Waals surface area contributed by atoms with Crippen LogP contribution in [-0.2, 0) is 4.79 Å². The van der Waals surface area contributed by atoms with E-state index in [2.05, 4.69) is 20.8 Å². The summed E-state index contributed by atoms with van der Waals surface area (Å²) in [5.74, 6) is 2.55. The Morgan fingerprint density at radius 2 is 1.79 bits per heavy atom. The Kier molecular flexibility index (Phi) is 5.36. The van der Waals surface area contributed by atoms with Gasteiger partial charge in [-0.3, -0.25) is 4.79 Å². The van der Waals surface area contributed by atoms with Crippen LogP contribution in [0.4, 0.5) is 0 Å². The molecule has 28 heavy (non-hydrogen) atoms. The van der Waals surface area contributed by atoms with Crippen molar-refractivity contribution in [3.8, 4) is 0 Å². The summed E-state index contributed by atoms with van der Waals surface area (Å²) in [7, 11) is 0. The molecule has 0 spiro atoms. The van der Waals surface area contributed by atoms with Crippen LogP contribution in [-0.4, -0.2) is 33.5 Å². The molecule has 3 N–H and O–H groups in total. The molecule has 4 saturated carbocycles. The van der Waals surface area contributed by atoms with Crippen molar-refractivity contribution in [1.82, 2.24) is 0 Å². The molecule has 0 amide bonds. The predicted octanol–water partition coefficient (Wildman–Crippen LogP) is 4.48. The van der Waals surface area contributed by atoms with Gasteiger partial charge in [0.2, 0.25) is 0 Å². The van der Waals surface area contributed by atoms with Crippen molar-refractivity contribution >= 4 is 5.97 Å². The second-order valence-electron chi connectivity index (χ2n) is 11.3. The number of aliphatic carboxylic acids is 1. The predicted molar refractivity (Wildman–Crippen MR) is 109 cm³/mol. The summed E-state index contributed by atoms with van der Waals surface area (Å²) in [6, 6.07) is 0. The fraction of sp³-hybridized carbons (Fsp3) is 0.958. The molecule has 0 saturated heterocycles. The molecule has 4 aliphatic carbocycles. The molecular formula is C24H40O4. The number of hydrogen-bond acceptors (Lipinski definition) is 3. The van der Waals surface area contributed by atoms with Gasteiger partial charge >= 0.3 is 5.97 Å². The highest BCUT2D eigenvalue weighted by atomic mass is 16.4. The average molecular weight is 393 g/mol. The SMILES string of the molecule is C[C@H](CCC(=O)O)C1CC[C@H]2C3CCC4C[C@@H](O)CCC4(C)C3C[C@@H](O)C12C. The minimum atomic E-state index is -0.707. The van der Waals surface area contributed by atoms with Gasteiger partial charge in [-0.05, 0) is 104 Å². The van der Waals surface area contributed by atoms with Gasteiger partial charge in [0.25, 0.3) is 0 Å². The lowest BCUT2D eigenvalue weighted by Crippen LogP contribution is -2.58. The van der Waals surface area contributed by atoms with E-state index in [-0.39, 0.29) is 29.5 Å². The molecule has 10 atom stereocenters. The molecule has 4 nitrogen and oxygen atoms in total. The van der Waals surface area contributed by atoms with Crippen molar-refractivity contribution in [3.05, 3.63) is 0 Å². The van der Waals surface area contributed by atoms with E-state index in [1.165, 1.54) is 19.3 Å². The van der Waals surface area contributed by atoms with E-state index in [9.17, 15) is 15.0 Å². The molecule has 0 aromatic heterocycles. The number of rotatable bonds is 4. The van der Waals surface area contributed by atoms with Crippen molar-refractivity contribution in [2.45, 2.75) is 97.2 Å². The van der Waals surface area contributed by atoms with Crippen LogP contribution in [0.3, 0.4) is 0 Å². The van der Waals surface area contributed by atoms with Gasteiger partial charge in [-0.15, -0.1) is 0 Å². The van der Waals surface area contributed by atoms with Crippen molar-refractivity contribution in [1.29, 1.82) is 0 Å². The van der Waals surface area contributed by atoms with Gasteiger partial charge in [-0.2, -0.15) is 0 Å². The Bertz CT molecular complexity index is 605. The second kappa shape index (κ2) is 7.27. The molecule has 0 heterocycles. The largest absolute Gasteiger partial charge is 0.481 e. The first-order valence-corrected chi connectivity index (χ1v) is 11.8. The molecule has 0 bridgehead atoms. The highest BCUT2D eigenvalue weighted by Crippen LogP contribution is 2.68. The zero-order chi connectivity index (χ0) is 20.3. The Labute approximate surface area is 170 Å². The standard InChI is InChI=1S/C24H40O4/c1-14(4-9-22(27)28)18-7-8-19-17-6-5-15-12-16(25)10-11-23(15,2)20(17)13-21(26)24(18,19)3/h14-21,25-26H,4-13H2,1-3H3,(H,27,28)/t14-,15?,16+,17?,18?,19+,20?,21-,23?,24?/m1/s1. The maximum Gasteiger partial charge on any atom is 0.303 e. The maximum absolute atomic E-state index is 11.5. The lowest BCUT2D eigenvalue weighted by molar-refractivity contribution is -0.175. The Morgan fingerprint density at radius 1 is 1.04 bits per heavy atom. The topological polar surface area (TPSA) is 77.8 Å². The molecule has 4 fully saturated rings. The first-order chi connectivity index (χ1) is 13.2. The van der Waals surface area contributed by atoms with E-state index >= 15 is 0 Å². The number of carboxylic acid groups (broad SMARTS) is 1. The van der Waals surface area contributed by atoms with Crippen LogP contribution in [0.2, 0.25) is 0 Å². The van der Waals surface area contributed by atoms with E-state index in [0.717, 1.165) is 38.5 Å². The second-order valence-corrected chi connectivity index (χ2v) is 11.3. The maximum atomic E-state index is 11.5. The zero-order valence-corrected chi connectivity index (χ0v) is 17.9. The van der Waals surface area contributed by atoms with Crippen LogP contribution < -0.4 is 0 Å². The average Bonchev–Trinajstić information content (AvgIpc) is 3.00. The zero-order valence-electron chi connectivity index (χ0n) is 17.9. The molecule has 0 aromatic rings. The Balaban J connectivity index is 1.56. The first-order valence-electron chi connectivity index (χ1n) is 11.8. The van der Waals surface area contributed by atoms with E-state index in [1.54, 1.807) is 0 Å². The van der Waals surface area contributed by atoms with Crippen molar-refractivity contribution in [3.63, 3.8) is 0 Å². The number of hydrogen-bond donors (Lipinski definition) is 3. The summed E-state index contributed by atoms with van der Waals surface area (Å²) >= 11 is 0. The summed E-state index contributed by atoms with van der Waals surface area (Å²) in [6.45, 7) is 6.99. The number of carboxylic acids is 1. The molecule has 0 radical (unpaired) electrons.